The van der Waals surface area contributed by atoms with Gasteiger partial charge in [-0.25, -0.2) is 4.68 Å². The zero-order valence-electron chi connectivity index (χ0n) is 17.7. The normalized spacial score (nSPS) is 16.9. The molecule has 1 N–H and O–H groups in total. The van der Waals surface area contributed by atoms with E-state index in [2.05, 4.69) is 14.8 Å². The fourth-order valence-corrected chi connectivity index (χ4v) is 5.55. The first-order valence-electron chi connectivity index (χ1n) is 10.7. The molecule has 0 unspecified atom stereocenters. The van der Waals surface area contributed by atoms with Gasteiger partial charge in [-0.05, 0) is 48.7 Å². The lowest BCUT2D eigenvalue weighted by molar-refractivity contribution is 0.102. The molecule has 1 aromatic heterocycles. The number of rotatable bonds is 4. The molecule has 2 aromatic carbocycles. The summed E-state index contributed by atoms with van der Waals surface area (Å²) in [4.78, 5) is 15.0. The highest BCUT2D eigenvalue weighted by molar-refractivity contribution is 7.90. The van der Waals surface area contributed by atoms with Gasteiger partial charge in [0.2, 0.25) is 0 Å². The van der Waals surface area contributed by atoms with E-state index >= 15 is 0 Å². The molecule has 0 radical (unpaired) electrons. The summed E-state index contributed by atoms with van der Waals surface area (Å²) < 4.78 is 31.4. The average molecular weight is 484 g/mol. The zero-order valence-corrected chi connectivity index (χ0v) is 19.3. The molecule has 0 saturated carbocycles. The van der Waals surface area contributed by atoms with Gasteiger partial charge in [-0.2, -0.15) is 13.5 Å². The number of halogens is 1. The SMILES string of the molecule is O=C(Nc1ccnn1Cc1ccc(Cl)cc1)c1ccc2c(c1)S(=O)(=O)N=C1CCCCCN12. The van der Waals surface area contributed by atoms with E-state index in [1.54, 1.807) is 41.2 Å². The van der Waals surface area contributed by atoms with Gasteiger partial charge in [-0.15, -0.1) is 4.40 Å². The third-order valence-corrected chi connectivity index (χ3v) is 7.40. The first kappa shape index (κ1) is 21.7. The summed E-state index contributed by atoms with van der Waals surface area (Å²) in [6.45, 7) is 1.17. The molecule has 2 aliphatic heterocycles. The summed E-state index contributed by atoms with van der Waals surface area (Å²) >= 11 is 5.94. The molecule has 8 nitrogen and oxygen atoms in total. The number of nitrogens with one attached hydrogen (secondary N) is 1. The van der Waals surface area contributed by atoms with Crippen LogP contribution >= 0.6 is 11.6 Å². The van der Waals surface area contributed by atoms with Gasteiger partial charge in [0, 0.05) is 29.6 Å². The van der Waals surface area contributed by atoms with Crippen molar-refractivity contribution in [1.29, 1.82) is 0 Å². The highest BCUT2D eigenvalue weighted by Gasteiger charge is 2.32. The van der Waals surface area contributed by atoms with E-state index in [0.717, 1.165) is 31.4 Å². The largest absolute Gasteiger partial charge is 0.328 e. The Kier molecular flexibility index (Phi) is 5.67. The second-order valence-electron chi connectivity index (χ2n) is 8.08. The van der Waals surface area contributed by atoms with Gasteiger partial charge in [-0.1, -0.05) is 30.2 Å². The summed E-state index contributed by atoms with van der Waals surface area (Å²) in [5.41, 5.74) is 1.81. The molecule has 10 heteroatoms. The molecule has 1 saturated heterocycles. The molecular formula is C23H22ClN5O3S. The number of fused-ring (bicyclic) bond motifs is 3. The van der Waals surface area contributed by atoms with Crippen molar-refractivity contribution < 1.29 is 13.2 Å². The Balaban J connectivity index is 1.40. The van der Waals surface area contributed by atoms with Crippen LogP contribution in [0.25, 0.3) is 0 Å². The minimum absolute atomic E-state index is 0.0653. The van der Waals surface area contributed by atoms with Crippen LogP contribution < -0.4 is 10.2 Å². The van der Waals surface area contributed by atoms with Crippen molar-refractivity contribution in [2.75, 3.05) is 16.8 Å². The third-order valence-electron chi connectivity index (χ3n) is 5.81. The summed E-state index contributed by atoms with van der Waals surface area (Å²) in [6, 6.07) is 13.8. The number of sulfonamides is 1. The van der Waals surface area contributed by atoms with Crippen molar-refractivity contribution in [3.05, 3.63) is 70.9 Å². The van der Waals surface area contributed by atoms with Crippen molar-refractivity contribution in [2.24, 2.45) is 4.40 Å². The van der Waals surface area contributed by atoms with Crippen molar-refractivity contribution in [3.8, 4) is 0 Å². The van der Waals surface area contributed by atoms with Gasteiger partial charge in [0.1, 0.15) is 16.5 Å². The summed E-state index contributed by atoms with van der Waals surface area (Å²) in [5.74, 6) is 0.670. The minimum atomic E-state index is -3.86. The van der Waals surface area contributed by atoms with Crippen molar-refractivity contribution in [1.82, 2.24) is 9.78 Å². The lowest BCUT2D eigenvalue weighted by Crippen LogP contribution is -2.35. The molecule has 1 fully saturated rings. The quantitative estimate of drug-likeness (QED) is 0.596. The number of amidine groups is 1. The standard InChI is InChI=1S/C23H22ClN5O3S/c24-18-8-5-16(6-9-18)15-29-21(11-12-25-29)26-23(30)17-7-10-19-20(14-17)33(31,32)27-22-4-2-1-3-13-28(19)22/h5-12,14H,1-4,13,15H2,(H,26,30). The van der Waals surface area contributed by atoms with E-state index in [0.29, 0.717) is 35.3 Å². The third kappa shape index (κ3) is 4.38. The monoisotopic (exact) mass is 483 g/mol. The van der Waals surface area contributed by atoms with Crippen molar-refractivity contribution in [3.63, 3.8) is 0 Å². The van der Waals surface area contributed by atoms with Crippen LogP contribution in [0.4, 0.5) is 11.5 Å². The van der Waals surface area contributed by atoms with Crippen LogP contribution in [0, 0.1) is 0 Å². The molecule has 3 heterocycles. The Bertz CT molecular complexity index is 1350. The van der Waals surface area contributed by atoms with E-state index in [-0.39, 0.29) is 10.5 Å². The number of benzene rings is 2. The maximum absolute atomic E-state index is 13.0. The second-order valence-corrected chi connectivity index (χ2v) is 10.1. The van der Waals surface area contributed by atoms with Gasteiger partial charge in [0.25, 0.3) is 15.9 Å². The minimum Gasteiger partial charge on any atom is -0.328 e. The first-order valence-corrected chi connectivity index (χ1v) is 12.6. The smallest absolute Gasteiger partial charge is 0.286 e. The summed E-state index contributed by atoms with van der Waals surface area (Å²) in [5, 5.41) is 7.75. The van der Waals surface area contributed by atoms with Crippen LogP contribution in [-0.4, -0.2) is 36.5 Å². The van der Waals surface area contributed by atoms with Gasteiger partial charge < -0.3 is 10.2 Å². The zero-order chi connectivity index (χ0) is 23.0. The van der Waals surface area contributed by atoms with E-state index in [1.807, 2.05) is 17.0 Å². The van der Waals surface area contributed by atoms with Gasteiger partial charge in [0.05, 0.1) is 18.4 Å². The Morgan fingerprint density at radius 1 is 1.06 bits per heavy atom. The number of amides is 1. The number of hydrogen-bond acceptors (Lipinski definition) is 5. The van der Waals surface area contributed by atoms with Gasteiger partial charge in [-0.3, -0.25) is 4.79 Å². The fourth-order valence-electron chi connectivity index (χ4n) is 4.14. The molecule has 3 aromatic rings. The number of carbonyl (C=O) groups excluding carboxylic acids is 1. The van der Waals surface area contributed by atoms with Gasteiger partial charge in [0.15, 0.2) is 0 Å². The molecule has 1 amide bonds. The number of aromatic nitrogens is 2. The first-order chi connectivity index (χ1) is 15.9. The molecule has 170 valence electrons. The van der Waals surface area contributed by atoms with Crippen LogP contribution in [0.15, 0.2) is 64.0 Å². The lowest BCUT2D eigenvalue weighted by Gasteiger charge is -2.29. The van der Waals surface area contributed by atoms with Crippen LogP contribution in [0.5, 0.6) is 0 Å². The summed E-state index contributed by atoms with van der Waals surface area (Å²) in [6.07, 6.45) is 5.16. The predicted molar refractivity (Wildman–Crippen MR) is 128 cm³/mol. The van der Waals surface area contributed by atoms with Crippen molar-refractivity contribution >= 4 is 44.9 Å². The van der Waals surface area contributed by atoms with Crippen molar-refractivity contribution in [2.45, 2.75) is 37.1 Å². The number of hydrogen-bond donors (Lipinski definition) is 1. The molecule has 5 rings (SSSR count). The molecular weight excluding hydrogens is 462 g/mol. The molecule has 0 atom stereocenters. The average Bonchev–Trinajstić information content (AvgIpc) is 3.08. The maximum atomic E-state index is 13.0. The predicted octanol–water partition coefficient (Wildman–Crippen LogP) is 4.32. The molecule has 0 aliphatic carbocycles. The number of anilines is 2. The number of nitrogens with zero attached hydrogens (tertiary/aromatic N) is 4. The Hall–Kier alpha value is -3.17. The second kappa shape index (κ2) is 8.64. The fraction of sp³-hybridized carbons (Fsp3) is 0.261. The molecule has 33 heavy (non-hydrogen) atoms. The Labute approximate surface area is 196 Å². The van der Waals surface area contributed by atoms with Crippen LogP contribution in [-0.2, 0) is 16.6 Å². The highest BCUT2D eigenvalue weighted by atomic mass is 35.5. The Morgan fingerprint density at radius 3 is 2.70 bits per heavy atom. The number of carbonyl (C=O) groups is 1. The molecule has 0 spiro atoms. The van der Waals surface area contributed by atoms with E-state index in [1.165, 1.54) is 6.07 Å². The summed E-state index contributed by atoms with van der Waals surface area (Å²) in [7, 11) is -3.86. The van der Waals surface area contributed by atoms with Crippen LogP contribution in [0.3, 0.4) is 0 Å². The maximum Gasteiger partial charge on any atom is 0.286 e. The van der Waals surface area contributed by atoms with E-state index in [4.69, 9.17) is 11.6 Å². The Morgan fingerprint density at radius 2 is 1.88 bits per heavy atom. The lowest BCUT2D eigenvalue weighted by atomic mass is 10.1. The van der Waals surface area contributed by atoms with Crippen LogP contribution in [0.2, 0.25) is 5.02 Å². The van der Waals surface area contributed by atoms with Gasteiger partial charge >= 0.3 is 0 Å². The van der Waals surface area contributed by atoms with E-state index in [9.17, 15) is 13.2 Å². The topological polar surface area (TPSA) is 96.7 Å². The molecule has 0 bridgehead atoms. The van der Waals surface area contributed by atoms with E-state index < -0.39 is 15.9 Å². The van der Waals surface area contributed by atoms with Crippen LogP contribution in [0.1, 0.15) is 41.6 Å². The highest BCUT2D eigenvalue weighted by Crippen LogP contribution is 2.35. The molecule has 2 aliphatic rings.